The molecule has 2 nitrogen and oxygen atoms in total. The van der Waals surface area contributed by atoms with Crippen LogP contribution in [0.5, 0.6) is 0 Å². The van der Waals surface area contributed by atoms with Gasteiger partial charge in [-0.3, -0.25) is 0 Å². The molecule has 16 heavy (non-hydrogen) atoms. The molecule has 0 heterocycles. The number of hydrogen-bond acceptors (Lipinski definition) is 1. The topological polar surface area (TPSA) is 37.3 Å². The molecule has 0 bridgehead atoms. The van der Waals surface area contributed by atoms with Crippen LogP contribution >= 0.6 is 0 Å². The van der Waals surface area contributed by atoms with Gasteiger partial charge in [-0.2, -0.15) is 0 Å². The second-order valence-corrected chi connectivity index (χ2v) is 4.66. The predicted molar refractivity (Wildman–Crippen MR) is 57.1 cm³/mol. The number of carboxylic acid groups (broad SMARTS) is 1. The van der Waals surface area contributed by atoms with E-state index < -0.39 is 18.0 Å². The number of halogens is 2. The minimum Gasteiger partial charge on any atom is -0.478 e. The van der Waals surface area contributed by atoms with Crippen molar-refractivity contribution in [2.45, 2.75) is 32.6 Å². The van der Waals surface area contributed by atoms with Crippen molar-refractivity contribution in [2.75, 3.05) is 0 Å². The molecule has 0 saturated carbocycles. The molecule has 1 aromatic carbocycles. The summed E-state index contributed by atoms with van der Waals surface area (Å²) in [6, 6.07) is 4.09. The molecule has 0 atom stereocenters. The van der Waals surface area contributed by atoms with Gasteiger partial charge in [-0.15, -0.1) is 0 Å². The highest BCUT2D eigenvalue weighted by Crippen LogP contribution is 2.29. The third-order valence-corrected chi connectivity index (χ3v) is 2.38. The van der Waals surface area contributed by atoms with E-state index in [0.717, 1.165) is 0 Å². The first-order valence-electron chi connectivity index (χ1n) is 4.89. The lowest BCUT2D eigenvalue weighted by Crippen LogP contribution is -2.13. The van der Waals surface area contributed by atoms with E-state index in [0.29, 0.717) is 5.56 Å². The van der Waals surface area contributed by atoms with Crippen LogP contribution < -0.4 is 0 Å². The van der Waals surface area contributed by atoms with Crippen molar-refractivity contribution in [3.8, 4) is 0 Å². The standard InChI is InChI=1S/C12H14F2O2/c1-12(2,3)7-4-5-8(11(15)16)9(6-7)10(13)14/h4-6,10H,1-3H3,(H,15,16). The molecule has 88 valence electrons. The largest absolute Gasteiger partial charge is 0.478 e. The van der Waals surface area contributed by atoms with Crippen LogP contribution in [0, 0.1) is 0 Å². The molecule has 1 rings (SSSR count). The van der Waals surface area contributed by atoms with Crippen molar-refractivity contribution in [1.82, 2.24) is 0 Å². The molecule has 0 radical (unpaired) electrons. The van der Waals surface area contributed by atoms with Gasteiger partial charge < -0.3 is 5.11 Å². The Balaban J connectivity index is 3.34. The maximum Gasteiger partial charge on any atom is 0.336 e. The summed E-state index contributed by atoms with van der Waals surface area (Å²) in [5.74, 6) is -1.32. The lowest BCUT2D eigenvalue weighted by Gasteiger charge is -2.20. The normalized spacial score (nSPS) is 11.9. The van der Waals surface area contributed by atoms with E-state index in [1.54, 1.807) is 6.07 Å². The van der Waals surface area contributed by atoms with E-state index in [1.165, 1.54) is 12.1 Å². The van der Waals surface area contributed by atoms with Gasteiger partial charge in [0.1, 0.15) is 0 Å². The molecule has 0 aliphatic carbocycles. The number of hydrogen-bond donors (Lipinski definition) is 1. The van der Waals surface area contributed by atoms with Gasteiger partial charge in [0.15, 0.2) is 0 Å². The zero-order valence-electron chi connectivity index (χ0n) is 9.42. The van der Waals surface area contributed by atoms with Crippen molar-refractivity contribution in [3.05, 3.63) is 34.9 Å². The molecule has 0 aliphatic rings. The molecule has 0 aromatic heterocycles. The molecular weight excluding hydrogens is 214 g/mol. The average Bonchev–Trinajstić information content (AvgIpc) is 2.15. The van der Waals surface area contributed by atoms with Crippen LogP contribution in [0.25, 0.3) is 0 Å². The minimum absolute atomic E-state index is 0.277. The van der Waals surface area contributed by atoms with Crippen molar-refractivity contribution in [1.29, 1.82) is 0 Å². The number of rotatable bonds is 2. The molecule has 0 aliphatic heterocycles. The Bertz CT molecular complexity index is 406. The van der Waals surface area contributed by atoms with Gasteiger partial charge in [-0.25, -0.2) is 13.6 Å². The Hall–Kier alpha value is -1.45. The van der Waals surface area contributed by atoms with E-state index in [9.17, 15) is 13.6 Å². The first-order valence-corrected chi connectivity index (χ1v) is 4.89. The van der Waals surface area contributed by atoms with Gasteiger partial charge >= 0.3 is 5.97 Å². The molecule has 0 saturated heterocycles. The molecule has 0 spiro atoms. The highest BCUT2D eigenvalue weighted by Gasteiger charge is 2.22. The number of carbonyl (C=O) groups is 1. The van der Waals surface area contributed by atoms with Crippen LogP contribution in [0.1, 0.15) is 48.7 Å². The van der Waals surface area contributed by atoms with Crippen molar-refractivity contribution < 1.29 is 18.7 Å². The average molecular weight is 228 g/mol. The molecular formula is C12H14F2O2. The fraction of sp³-hybridized carbons (Fsp3) is 0.417. The van der Waals surface area contributed by atoms with Gasteiger partial charge in [0.25, 0.3) is 6.43 Å². The highest BCUT2D eigenvalue weighted by atomic mass is 19.3. The Labute approximate surface area is 92.9 Å². The number of benzene rings is 1. The van der Waals surface area contributed by atoms with Gasteiger partial charge in [-0.05, 0) is 23.1 Å². The third-order valence-electron chi connectivity index (χ3n) is 2.38. The zero-order valence-corrected chi connectivity index (χ0v) is 9.42. The summed E-state index contributed by atoms with van der Waals surface area (Å²) >= 11 is 0. The third kappa shape index (κ3) is 2.56. The lowest BCUT2D eigenvalue weighted by molar-refractivity contribution is 0.0684. The predicted octanol–water partition coefficient (Wildman–Crippen LogP) is 3.62. The van der Waals surface area contributed by atoms with Gasteiger partial charge in [-0.1, -0.05) is 26.8 Å². The summed E-state index contributed by atoms with van der Waals surface area (Å²) in [5.41, 5.74) is -0.323. The summed E-state index contributed by atoms with van der Waals surface area (Å²) < 4.78 is 25.4. The molecule has 1 N–H and O–H groups in total. The Kier molecular flexibility index (Phi) is 3.31. The van der Waals surface area contributed by atoms with E-state index in [-0.39, 0.29) is 11.0 Å². The highest BCUT2D eigenvalue weighted by molar-refractivity contribution is 5.89. The summed E-state index contributed by atoms with van der Waals surface area (Å²) in [6.45, 7) is 5.66. The summed E-state index contributed by atoms with van der Waals surface area (Å²) in [6.07, 6.45) is -2.77. The Morgan fingerprint density at radius 1 is 1.31 bits per heavy atom. The van der Waals surface area contributed by atoms with E-state index in [1.807, 2.05) is 20.8 Å². The molecule has 1 aromatic rings. The Morgan fingerprint density at radius 2 is 1.88 bits per heavy atom. The number of aromatic carboxylic acids is 1. The van der Waals surface area contributed by atoms with E-state index in [4.69, 9.17) is 5.11 Å². The van der Waals surface area contributed by atoms with Crippen LogP contribution in [-0.2, 0) is 5.41 Å². The minimum atomic E-state index is -2.77. The molecule has 0 unspecified atom stereocenters. The summed E-state index contributed by atoms with van der Waals surface area (Å²) in [7, 11) is 0. The van der Waals surface area contributed by atoms with Gasteiger partial charge in [0.2, 0.25) is 0 Å². The van der Waals surface area contributed by atoms with Gasteiger partial charge in [0.05, 0.1) is 5.56 Å². The van der Waals surface area contributed by atoms with Crippen LogP contribution in [0.2, 0.25) is 0 Å². The fourth-order valence-electron chi connectivity index (χ4n) is 1.40. The van der Waals surface area contributed by atoms with Crippen molar-refractivity contribution in [2.24, 2.45) is 0 Å². The quantitative estimate of drug-likeness (QED) is 0.839. The van der Waals surface area contributed by atoms with Crippen molar-refractivity contribution in [3.63, 3.8) is 0 Å². The lowest BCUT2D eigenvalue weighted by atomic mass is 9.85. The Morgan fingerprint density at radius 3 is 2.25 bits per heavy atom. The van der Waals surface area contributed by atoms with Gasteiger partial charge in [0, 0.05) is 5.56 Å². The SMILES string of the molecule is CC(C)(C)c1ccc(C(=O)O)c(C(F)F)c1. The monoisotopic (exact) mass is 228 g/mol. The van der Waals surface area contributed by atoms with Crippen LogP contribution in [0.4, 0.5) is 8.78 Å². The molecule has 4 heteroatoms. The maximum absolute atomic E-state index is 12.7. The fourth-order valence-corrected chi connectivity index (χ4v) is 1.40. The number of alkyl halides is 2. The first-order chi connectivity index (χ1) is 7.23. The van der Waals surface area contributed by atoms with Crippen LogP contribution in [0.3, 0.4) is 0 Å². The van der Waals surface area contributed by atoms with E-state index in [2.05, 4.69) is 0 Å². The first kappa shape index (κ1) is 12.6. The van der Waals surface area contributed by atoms with E-state index >= 15 is 0 Å². The number of carboxylic acids is 1. The maximum atomic E-state index is 12.7. The van der Waals surface area contributed by atoms with Crippen molar-refractivity contribution >= 4 is 5.97 Å². The summed E-state index contributed by atoms with van der Waals surface area (Å²) in [5, 5.41) is 8.77. The van der Waals surface area contributed by atoms with Crippen LogP contribution in [-0.4, -0.2) is 11.1 Å². The van der Waals surface area contributed by atoms with Crippen LogP contribution in [0.15, 0.2) is 18.2 Å². The second kappa shape index (κ2) is 4.20. The smallest absolute Gasteiger partial charge is 0.336 e. The summed E-state index contributed by atoms with van der Waals surface area (Å²) in [4.78, 5) is 10.8. The second-order valence-electron chi connectivity index (χ2n) is 4.66. The zero-order chi connectivity index (χ0) is 12.5. The molecule has 0 amide bonds. The molecule has 0 fully saturated rings.